The molecule has 0 fully saturated rings. The summed E-state index contributed by atoms with van der Waals surface area (Å²) in [5.41, 5.74) is 1.46. The Balaban J connectivity index is 2.34. The Hall–Kier alpha value is -2.01. The van der Waals surface area contributed by atoms with Crippen molar-refractivity contribution in [3.63, 3.8) is 0 Å². The predicted molar refractivity (Wildman–Crippen MR) is 61.2 cm³/mol. The number of rotatable bonds is 1. The summed E-state index contributed by atoms with van der Waals surface area (Å²) in [6.45, 7) is 0. The highest BCUT2D eigenvalue weighted by atomic mass is 35.5. The minimum atomic E-state index is -0.518. The number of nitrogens with zero attached hydrogens (tertiary/aromatic N) is 4. The maximum atomic E-state index is 13.7. The Morgan fingerprint density at radius 2 is 2.12 bits per heavy atom. The number of aromatic nitrogens is 4. The molecule has 0 spiro atoms. The van der Waals surface area contributed by atoms with Crippen molar-refractivity contribution in [3.05, 3.63) is 47.9 Å². The molecule has 0 saturated heterocycles. The Labute approximate surface area is 101 Å². The van der Waals surface area contributed by atoms with Crippen LogP contribution >= 0.6 is 11.6 Å². The van der Waals surface area contributed by atoms with Gasteiger partial charge in [-0.25, -0.2) is 19.3 Å². The van der Waals surface area contributed by atoms with Crippen LogP contribution in [-0.2, 0) is 0 Å². The molecule has 0 aliphatic carbocycles. The maximum absolute atomic E-state index is 13.7. The van der Waals surface area contributed by atoms with Crippen molar-refractivity contribution < 1.29 is 4.39 Å². The van der Waals surface area contributed by atoms with Crippen molar-refractivity contribution in [3.8, 4) is 11.4 Å². The van der Waals surface area contributed by atoms with Crippen LogP contribution in [0, 0.1) is 5.82 Å². The number of imidazole rings is 1. The normalized spacial score (nSPS) is 10.9. The van der Waals surface area contributed by atoms with E-state index in [1.165, 1.54) is 0 Å². The van der Waals surface area contributed by atoms with Crippen LogP contribution in [0.3, 0.4) is 0 Å². The highest BCUT2D eigenvalue weighted by Gasteiger charge is 2.11. The summed E-state index contributed by atoms with van der Waals surface area (Å²) in [5.74, 6) is -0.518. The summed E-state index contributed by atoms with van der Waals surface area (Å²) in [5, 5.41) is 0.0125. The first kappa shape index (κ1) is 10.2. The molecule has 0 aromatic carbocycles. The molecular formula is C11H6ClFN4. The molecule has 3 aromatic rings. The van der Waals surface area contributed by atoms with Gasteiger partial charge in [-0.1, -0.05) is 6.07 Å². The molecule has 3 rings (SSSR count). The van der Waals surface area contributed by atoms with Gasteiger partial charge in [0, 0.05) is 12.4 Å². The highest BCUT2D eigenvalue weighted by molar-refractivity contribution is 6.28. The molecule has 84 valence electrons. The summed E-state index contributed by atoms with van der Waals surface area (Å²) in [6, 6.07) is 5.35. The molecule has 0 atom stereocenters. The second-order valence-electron chi connectivity index (χ2n) is 3.40. The van der Waals surface area contributed by atoms with E-state index in [0.717, 1.165) is 11.8 Å². The van der Waals surface area contributed by atoms with Gasteiger partial charge in [0.2, 0.25) is 5.28 Å². The standard InChI is InChI=1S/C11H6ClFN4/c12-11-15-6-7(13)10(16-11)8-2-1-3-9-14-4-5-17(8)9/h1-6H. The zero-order valence-corrected chi connectivity index (χ0v) is 9.26. The Kier molecular flexibility index (Phi) is 2.26. The van der Waals surface area contributed by atoms with Crippen LogP contribution in [-0.4, -0.2) is 19.4 Å². The average molecular weight is 249 g/mol. The van der Waals surface area contributed by atoms with E-state index >= 15 is 0 Å². The van der Waals surface area contributed by atoms with Crippen molar-refractivity contribution in [2.75, 3.05) is 0 Å². The molecule has 0 bridgehead atoms. The van der Waals surface area contributed by atoms with E-state index in [1.807, 2.05) is 6.07 Å². The Morgan fingerprint density at radius 3 is 3.00 bits per heavy atom. The number of hydrogen-bond donors (Lipinski definition) is 0. The zero-order chi connectivity index (χ0) is 11.8. The molecule has 3 aromatic heterocycles. The maximum Gasteiger partial charge on any atom is 0.223 e. The largest absolute Gasteiger partial charge is 0.298 e. The molecular weight excluding hydrogens is 243 g/mol. The number of fused-ring (bicyclic) bond motifs is 1. The molecule has 0 amide bonds. The minimum absolute atomic E-state index is 0.0125. The lowest BCUT2D eigenvalue weighted by Crippen LogP contribution is -1.97. The van der Waals surface area contributed by atoms with Crippen LogP contribution in [0.4, 0.5) is 4.39 Å². The van der Waals surface area contributed by atoms with Gasteiger partial charge in [-0.2, -0.15) is 0 Å². The molecule has 0 unspecified atom stereocenters. The van der Waals surface area contributed by atoms with Gasteiger partial charge >= 0.3 is 0 Å². The van der Waals surface area contributed by atoms with E-state index < -0.39 is 5.82 Å². The van der Waals surface area contributed by atoms with Crippen molar-refractivity contribution >= 4 is 17.2 Å². The number of pyridine rings is 1. The molecule has 0 N–H and O–H groups in total. The van der Waals surface area contributed by atoms with Gasteiger partial charge in [-0.15, -0.1) is 0 Å². The molecule has 17 heavy (non-hydrogen) atoms. The summed E-state index contributed by atoms with van der Waals surface area (Å²) in [6.07, 6.45) is 4.43. The van der Waals surface area contributed by atoms with Gasteiger partial charge in [0.05, 0.1) is 11.9 Å². The summed E-state index contributed by atoms with van der Waals surface area (Å²) in [4.78, 5) is 11.6. The Morgan fingerprint density at radius 1 is 1.24 bits per heavy atom. The predicted octanol–water partition coefficient (Wildman–Crippen LogP) is 2.58. The summed E-state index contributed by atoms with van der Waals surface area (Å²) < 4.78 is 15.4. The van der Waals surface area contributed by atoms with E-state index in [0.29, 0.717) is 5.69 Å². The number of hydrogen-bond acceptors (Lipinski definition) is 3. The van der Waals surface area contributed by atoms with E-state index in [2.05, 4.69) is 15.0 Å². The van der Waals surface area contributed by atoms with Crippen molar-refractivity contribution in [2.45, 2.75) is 0 Å². The van der Waals surface area contributed by atoms with Crippen LogP contribution in [0.2, 0.25) is 5.28 Å². The third-order valence-electron chi connectivity index (χ3n) is 2.39. The molecule has 4 nitrogen and oxygen atoms in total. The van der Waals surface area contributed by atoms with Gasteiger partial charge in [0.15, 0.2) is 5.82 Å². The fourth-order valence-electron chi connectivity index (χ4n) is 1.67. The van der Waals surface area contributed by atoms with E-state index in [4.69, 9.17) is 11.6 Å². The van der Waals surface area contributed by atoms with E-state index in [-0.39, 0.29) is 11.0 Å². The second kappa shape index (κ2) is 3.78. The first-order valence-corrected chi connectivity index (χ1v) is 5.24. The quantitative estimate of drug-likeness (QED) is 0.622. The SMILES string of the molecule is Fc1cnc(Cl)nc1-c1cccc2nccn12. The van der Waals surface area contributed by atoms with Crippen molar-refractivity contribution in [1.82, 2.24) is 19.4 Å². The van der Waals surface area contributed by atoms with Crippen molar-refractivity contribution in [2.24, 2.45) is 0 Å². The minimum Gasteiger partial charge on any atom is -0.298 e. The topological polar surface area (TPSA) is 43.1 Å². The smallest absolute Gasteiger partial charge is 0.223 e. The van der Waals surface area contributed by atoms with Crippen LogP contribution in [0.1, 0.15) is 0 Å². The lowest BCUT2D eigenvalue weighted by Gasteiger charge is -2.05. The van der Waals surface area contributed by atoms with Crippen LogP contribution in [0.5, 0.6) is 0 Å². The summed E-state index contributed by atoms with van der Waals surface area (Å²) in [7, 11) is 0. The molecule has 0 aliphatic heterocycles. The van der Waals surface area contributed by atoms with Gasteiger partial charge in [0.1, 0.15) is 11.3 Å². The Bertz CT molecular complexity index is 695. The monoisotopic (exact) mass is 248 g/mol. The fraction of sp³-hybridized carbons (Fsp3) is 0. The first-order valence-electron chi connectivity index (χ1n) is 4.86. The van der Waals surface area contributed by atoms with Gasteiger partial charge in [-0.3, -0.25) is 4.40 Å². The molecule has 6 heteroatoms. The summed E-state index contributed by atoms with van der Waals surface area (Å²) >= 11 is 5.68. The number of halogens is 2. The zero-order valence-electron chi connectivity index (χ0n) is 8.51. The van der Waals surface area contributed by atoms with Crippen LogP contribution < -0.4 is 0 Å². The molecule has 0 aliphatic rings. The van der Waals surface area contributed by atoms with Crippen LogP contribution in [0.25, 0.3) is 17.0 Å². The molecule has 0 saturated carbocycles. The van der Waals surface area contributed by atoms with Gasteiger partial charge in [-0.05, 0) is 23.7 Å². The fourth-order valence-corrected chi connectivity index (χ4v) is 1.80. The van der Waals surface area contributed by atoms with Gasteiger partial charge in [0.25, 0.3) is 0 Å². The third-order valence-corrected chi connectivity index (χ3v) is 2.57. The average Bonchev–Trinajstić information content (AvgIpc) is 2.80. The van der Waals surface area contributed by atoms with E-state index in [9.17, 15) is 4.39 Å². The second-order valence-corrected chi connectivity index (χ2v) is 3.74. The first-order chi connectivity index (χ1) is 8.25. The van der Waals surface area contributed by atoms with Crippen LogP contribution in [0.15, 0.2) is 36.8 Å². The molecule has 0 radical (unpaired) electrons. The lowest BCUT2D eigenvalue weighted by atomic mass is 10.2. The van der Waals surface area contributed by atoms with Gasteiger partial charge < -0.3 is 0 Å². The highest BCUT2D eigenvalue weighted by Crippen LogP contribution is 2.22. The molecule has 3 heterocycles. The van der Waals surface area contributed by atoms with E-state index in [1.54, 1.807) is 28.9 Å². The van der Waals surface area contributed by atoms with Crippen molar-refractivity contribution in [1.29, 1.82) is 0 Å². The third kappa shape index (κ3) is 1.64. The lowest BCUT2D eigenvalue weighted by molar-refractivity contribution is 0.617.